The van der Waals surface area contributed by atoms with E-state index in [1.807, 2.05) is 0 Å². The highest BCUT2D eigenvalue weighted by Gasteiger charge is 2.34. The third-order valence-electron chi connectivity index (χ3n) is 3.30. The number of esters is 1. The number of methoxy groups -OCH3 is 1. The maximum absolute atomic E-state index is 12.3. The molecule has 0 aliphatic carbocycles. The largest absolute Gasteiger partial charge is 0.469 e. The summed E-state index contributed by atoms with van der Waals surface area (Å²) in [6.45, 7) is 5.84. The first kappa shape index (κ1) is 17.5. The first-order chi connectivity index (χ1) is 9.74. The molecule has 0 N–H and O–H groups in total. The Hall–Kier alpha value is -1.59. The molecule has 1 aliphatic rings. The fraction of sp³-hybridized carbons (Fsp3) is 0.800. The maximum atomic E-state index is 12.3. The second kappa shape index (κ2) is 7.43. The van der Waals surface area contributed by atoms with Gasteiger partial charge in [-0.25, -0.2) is 4.79 Å². The van der Waals surface area contributed by atoms with Crippen LogP contribution in [0.15, 0.2) is 0 Å². The van der Waals surface area contributed by atoms with Crippen LogP contribution in [0.4, 0.5) is 4.79 Å². The van der Waals surface area contributed by atoms with Crippen LogP contribution in [-0.4, -0.2) is 48.0 Å². The van der Waals surface area contributed by atoms with Crippen molar-refractivity contribution < 1.29 is 23.9 Å². The van der Waals surface area contributed by atoms with Crippen molar-refractivity contribution in [2.75, 3.05) is 13.7 Å². The SMILES string of the molecule is COC(=O)CC(=O)C1CCCCCN1C(=O)OC(C)(C)C. The average Bonchev–Trinajstić information content (AvgIpc) is 2.61. The number of hydrogen-bond donors (Lipinski definition) is 0. The van der Waals surface area contributed by atoms with Crippen molar-refractivity contribution in [3.8, 4) is 0 Å². The molecule has 0 aromatic heterocycles. The summed E-state index contributed by atoms with van der Waals surface area (Å²) in [6.07, 6.45) is 2.42. The Labute approximate surface area is 125 Å². The molecule has 0 aromatic rings. The lowest BCUT2D eigenvalue weighted by Gasteiger charge is -2.31. The maximum Gasteiger partial charge on any atom is 0.410 e. The normalized spacial score (nSPS) is 19.6. The number of ketones is 1. The van der Waals surface area contributed by atoms with Gasteiger partial charge < -0.3 is 9.47 Å². The van der Waals surface area contributed by atoms with Gasteiger partial charge in [0, 0.05) is 6.54 Å². The number of nitrogens with zero attached hydrogens (tertiary/aromatic N) is 1. The van der Waals surface area contributed by atoms with Gasteiger partial charge >= 0.3 is 12.1 Å². The van der Waals surface area contributed by atoms with Crippen LogP contribution in [0.5, 0.6) is 0 Å². The molecule has 1 aliphatic heterocycles. The number of likely N-dealkylation sites (tertiary alicyclic amines) is 1. The van der Waals surface area contributed by atoms with Crippen LogP contribution in [0.3, 0.4) is 0 Å². The molecular formula is C15H25NO5. The summed E-state index contributed by atoms with van der Waals surface area (Å²) in [7, 11) is 1.24. The number of hydrogen-bond acceptors (Lipinski definition) is 5. The molecule has 1 amide bonds. The van der Waals surface area contributed by atoms with Crippen molar-refractivity contribution in [3.05, 3.63) is 0 Å². The van der Waals surface area contributed by atoms with E-state index < -0.39 is 23.7 Å². The van der Waals surface area contributed by atoms with E-state index in [-0.39, 0.29) is 12.2 Å². The second-order valence-electron chi connectivity index (χ2n) is 6.26. The van der Waals surface area contributed by atoms with Crippen molar-refractivity contribution in [3.63, 3.8) is 0 Å². The van der Waals surface area contributed by atoms with E-state index in [2.05, 4.69) is 4.74 Å². The zero-order chi connectivity index (χ0) is 16.0. The van der Waals surface area contributed by atoms with Gasteiger partial charge in [0.05, 0.1) is 13.2 Å². The standard InChI is InChI=1S/C15H25NO5/c1-15(2,3)21-14(19)16-9-7-5-6-8-11(16)12(17)10-13(18)20-4/h11H,5-10H2,1-4H3. The quantitative estimate of drug-likeness (QED) is 0.590. The van der Waals surface area contributed by atoms with Gasteiger partial charge in [-0.05, 0) is 33.6 Å². The van der Waals surface area contributed by atoms with E-state index in [0.29, 0.717) is 13.0 Å². The molecule has 1 atom stereocenters. The Morgan fingerprint density at radius 1 is 1.14 bits per heavy atom. The number of ether oxygens (including phenoxy) is 2. The number of carbonyl (C=O) groups is 3. The van der Waals surface area contributed by atoms with Crippen molar-refractivity contribution in [1.29, 1.82) is 0 Å². The first-order valence-electron chi connectivity index (χ1n) is 7.34. The third-order valence-corrected chi connectivity index (χ3v) is 3.30. The predicted molar refractivity (Wildman–Crippen MR) is 76.8 cm³/mol. The lowest BCUT2D eigenvalue weighted by Crippen LogP contribution is -2.47. The molecule has 6 nitrogen and oxygen atoms in total. The lowest BCUT2D eigenvalue weighted by molar-refractivity contribution is -0.144. The Kier molecular flexibility index (Phi) is 6.18. The fourth-order valence-corrected chi connectivity index (χ4v) is 2.31. The van der Waals surface area contributed by atoms with Crippen LogP contribution in [-0.2, 0) is 19.1 Å². The summed E-state index contributed by atoms with van der Waals surface area (Å²) < 4.78 is 9.89. The van der Waals surface area contributed by atoms with Crippen molar-refractivity contribution in [2.45, 2.75) is 64.5 Å². The molecule has 0 aromatic carbocycles. The van der Waals surface area contributed by atoms with Gasteiger partial charge in [-0.2, -0.15) is 0 Å². The number of carbonyl (C=O) groups excluding carboxylic acids is 3. The number of rotatable bonds is 3. The minimum atomic E-state index is -0.612. The Balaban J connectivity index is 2.82. The molecule has 1 fully saturated rings. The van der Waals surface area contributed by atoms with Gasteiger partial charge in [-0.15, -0.1) is 0 Å². The zero-order valence-corrected chi connectivity index (χ0v) is 13.3. The molecule has 1 unspecified atom stereocenters. The van der Waals surface area contributed by atoms with Crippen LogP contribution in [0, 0.1) is 0 Å². The van der Waals surface area contributed by atoms with Crippen molar-refractivity contribution in [2.24, 2.45) is 0 Å². The summed E-state index contributed by atoms with van der Waals surface area (Å²) in [5.74, 6) is -0.858. The molecule has 0 bridgehead atoms. The lowest BCUT2D eigenvalue weighted by atomic mass is 10.0. The Morgan fingerprint density at radius 3 is 2.38 bits per heavy atom. The van der Waals surface area contributed by atoms with Crippen molar-refractivity contribution >= 4 is 17.8 Å². The van der Waals surface area contributed by atoms with E-state index >= 15 is 0 Å². The highest BCUT2D eigenvalue weighted by molar-refractivity contribution is 5.99. The molecule has 0 radical (unpaired) electrons. The summed E-state index contributed by atoms with van der Waals surface area (Å²) >= 11 is 0. The van der Waals surface area contributed by atoms with E-state index in [0.717, 1.165) is 19.3 Å². The Morgan fingerprint density at radius 2 is 1.81 bits per heavy atom. The monoisotopic (exact) mass is 299 g/mol. The highest BCUT2D eigenvalue weighted by Crippen LogP contribution is 2.21. The molecular weight excluding hydrogens is 274 g/mol. The topological polar surface area (TPSA) is 72.9 Å². The molecule has 120 valence electrons. The average molecular weight is 299 g/mol. The van der Waals surface area contributed by atoms with Crippen LogP contribution in [0.25, 0.3) is 0 Å². The van der Waals surface area contributed by atoms with Gasteiger partial charge in [-0.3, -0.25) is 14.5 Å². The fourth-order valence-electron chi connectivity index (χ4n) is 2.31. The van der Waals surface area contributed by atoms with Crippen molar-refractivity contribution in [1.82, 2.24) is 4.90 Å². The van der Waals surface area contributed by atoms with Gasteiger partial charge in [-0.1, -0.05) is 12.8 Å². The summed E-state index contributed by atoms with van der Waals surface area (Å²) in [5, 5.41) is 0. The predicted octanol–water partition coefficient (Wildman–Crippen LogP) is 2.30. The number of Topliss-reactive ketones (excluding diaryl/α,β-unsaturated/α-hetero) is 1. The number of amides is 1. The Bertz CT molecular complexity index is 399. The van der Waals surface area contributed by atoms with Crippen LogP contribution >= 0.6 is 0 Å². The molecule has 21 heavy (non-hydrogen) atoms. The van der Waals surface area contributed by atoms with Crippen LogP contribution in [0.2, 0.25) is 0 Å². The van der Waals surface area contributed by atoms with Gasteiger partial charge in [0.1, 0.15) is 12.0 Å². The van der Waals surface area contributed by atoms with Crippen LogP contribution < -0.4 is 0 Å². The first-order valence-corrected chi connectivity index (χ1v) is 7.34. The minimum absolute atomic E-state index is 0.283. The molecule has 1 heterocycles. The van der Waals surface area contributed by atoms with Gasteiger partial charge in [0.15, 0.2) is 5.78 Å². The van der Waals surface area contributed by atoms with Crippen LogP contribution in [0.1, 0.15) is 52.9 Å². The highest BCUT2D eigenvalue weighted by atomic mass is 16.6. The molecule has 1 saturated heterocycles. The van der Waals surface area contributed by atoms with E-state index in [1.54, 1.807) is 20.8 Å². The molecule has 1 rings (SSSR count). The minimum Gasteiger partial charge on any atom is -0.469 e. The van der Waals surface area contributed by atoms with E-state index in [1.165, 1.54) is 12.0 Å². The second-order valence-corrected chi connectivity index (χ2v) is 6.26. The third kappa shape index (κ3) is 5.73. The summed E-state index contributed by atoms with van der Waals surface area (Å²) in [5.41, 5.74) is -0.612. The molecule has 0 spiro atoms. The summed E-state index contributed by atoms with van der Waals surface area (Å²) in [4.78, 5) is 37.3. The smallest absolute Gasteiger partial charge is 0.410 e. The van der Waals surface area contributed by atoms with E-state index in [9.17, 15) is 14.4 Å². The van der Waals surface area contributed by atoms with E-state index in [4.69, 9.17) is 4.74 Å². The summed E-state index contributed by atoms with van der Waals surface area (Å²) in [6, 6.07) is -0.596. The van der Waals surface area contributed by atoms with Gasteiger partial charge in [0.25, 0.3) is 0 Å². The zero-order valence-electron chi connectivity index (χ0n) is 13.3. The molecule has 0 saturated carbocycles. The van der Waals surface area contributed by atoms with Gasteiger partial charge in [0.2, 0.25) is 0 Å². The molecule has 6 heteroatoms.